The van der Waals surface area contributed by atoms with E-state index in [-0.39, 0.29) is 5.91 Å². The lowest BCUT2D eigenvalue weighted by molar-refractivity contribution is 0.102. The van der Waals surface area contributed by atoms with Gasteiger partial charge in [0.15, 0.2) is 4.96 Å². The van der Waals surface area contributed by atoms with Crippen LogP contribution in [0.5, 0.6) is 5.75 Å². The Bertz CT molecular complexity index is 805. The summed E-state index contributed by atoms with van der Waals surface area (Å²) in [5.41, 5.74) is 1.15. The number of nitrogens with zero attached hydrogens (tertiary/aromatic N) is 2. The number of carbonyl (C=O) groups excluding carboxylic acids is 1. The van der Waals surface area contributed by atoms with Crippen molar-refractivity contribution in [1.29, 1.82) is 0 Å². The maximum atomic E-state index is 12.3. The van der Waals surface area contributed by atoms with Gasteiger partial charge in [-0.05, 0) is 37.6 Å². The van der Waals surface area contributed by atoms with Gasteiger partial charge in [0.1, 0.15) is 11.4 Å². The van der Waals surface area contributed by atoms with Crippen LogP contribution in [0.3, 0.4) is 0 Å². The van der Waals surface area contributed by atoms with E-state index >= 15 is 0 Å². The van der Waals surface area contributed by atoms with Crippen molar-refractivity contribution in [3.63, 3.8) is 0 Å². The molecule has 0 saturated carbocycles. The van der Waals surface area contributed by atoms with Crippen molar-refractivity contribution in [2.45, 2.75) is 39.5 Å². The predicted octanol–water partition coefficient (Wildman–Crippen LogP) is 4.92. The van der Waals surface area contributed by atoms with Crippen molar-refractivity contribution in [2.75, 3.05) is 11.9 Å². The third-order valence-electron chi connectivity index (χ3n) is 3.88. The Balaban J connectivity index is 1.53. The number of aromatic nitrogens is 2. The number of unbranched alkanes of at least 4 members (excludes halogenated alkanes) is 3. The number of benzene rings is 1. The summed E-state index contributed by atoms with van der Waals surface area (Å²) in [6, 6.07) is 7.46. The number of aryl methyl sites for hydroxylation is 1. The molecule has 0 bridgehead atoms. The van der Waals surface area contributed by atoms with E-state index in [9.17, 15) is 4.79 Å². The van der Waals surface area contributed by atoms with Crippen molar-refractivity contribution in [1.82, 2.24) is 9.38 Å². The van der Waals surface area contributed by atoms with E-state index in [0.717, 1.165) is 29.4 Å². The van der Waals surface area contributed by atoms with Gasteiger partial charge in [-0.3, -0.25) is 9.20 Å². The van der Waals surface area contributed by atoms with Crippen molar-refractivity contribution in [3.8, 4) is 5.75 Å². The van der Waals surface area contributed by atoms with Gasteiger partial charge in [-0.2, -0.15) is 0 Å². The second-order valence-electron chi connectivity index (χ2n) is 6.05. The first-order chi connectivity index (χ1) is 12.2. The molecule has 132 valence electrons. The highest BCUT2D eigenvalue weighted by atomic mass is 32.1. The SMILES string of the molecule is CCCCCCOc1ccc(NC(=O)c2cn3cc(C)sc3n2)cc1. The van der Waals surface area contributed by atoms with E-state index in [0.29, 0.717) is 5.69 Å². The lowest BCUT2D eigenvalue weighted by atomic mass is 10.2. The molecule has 0 saturated heterocycles. The minimum atomic E-state index is -0.207. The second kappa shape index (κ2) is 8.16. The van der Waals surface area contributed by atoms with Gasteiger partial charge in [0.25, 0.3) is 5.91 Å². The normalized spacial score (nSPS) is 11.0. The zero-order chi connectivity index (χ0) is 17.6. The van der Waals surface area contributed by atoms with Gasteiger partial charge < -0.3 is 10.1 Å². The van der Waals surface area contributed by atoms with Crippen molar-refractivity contribution in [2.24, 2.45) is 0 Å². The number of fused-ring (bicyclic) bond motifs is 1. The van der Waals surface area contributed by atoms with Crippen LogP contribution in [0.1, 0.15) is 48.0 Å². The monoisotopic (exact) mass is 357 g/mol. The van der Waals surface area contributed by atoms with E-state index in [1.54, 1.807) is 17.5 Å². The molecule has 1 amide bonds. The molecule has 1 aromatic carbocycles. The van der Waals surface area contributed by atoms with Crippen molar-refractivity contribution in [3.05, 3.63) is 47.2 Å². The van der Waals surface area contributed by atoms with Gasteiger partial charge in [-0.1, -0.05) is 26.2 Å². The Hall–Kier alpha value is -2.34. The number of anilines is 1. The van der Waals surface area contributed by atoms with Crippen LogP contribution in [0.25, 0.3) is 4.96 Å². The average molecular weight is 357 g/mol. The molecule has 0 fully saturated rings. The summed E-state index contributed by atoms with van der Waals surface area (Å²) in [6.45, 7) is 4.95. The molecule has 3 rings (SSSR count). The van der Waals surface area contributed by atoms with Crippen LogP contribution in [0, 0.1) is 6.92 Å². The number of amides is 1. The molecule has 0 atom stereocenters. The summed E-state index contributed by atoms with van der Waals surface area (Å²) >= 11 is 1.57. The molecule has 5 nitrogen and oxygen atoms in total. The van der Waals surface area contributed by atoms with Gasteiger partial charge >= 0.3 is 0 Å². The summed E-state index contributed by atoms with van der Waals surface area (Å²) < 4.78 is 7.59. The number of rotatable bonds is 8. The lowest BCUT2D eigenvalue weighted by Crippen LogP contribution is -2.12. The van der Waals surface area contributed by atoms with E-state index in [4.69, 9.17) is 4.74 Å². The Morgan fingerprint density at radius 3 is 2.72 bits per heavy atom. The summed E-state index contributed by atoms with van der Waals surface area (Å²) in [4.78, 5) is 18.7. The molecule has 25 heavy (non-hydrogen) atoms. The Morgan fingerprint density at radius 1 is 1.20 bits per heavy atom. The highest BCUT2D eigenvalue weighted by Gasteiger charge is 2.12. The third-order valence-corrected chi connectivity index (χ3v) is 4.80. The Labute approximate surface area is 151 Å². The fraction of sp³-hybridized carbons (Fsp3) is 0.368. The molecular formula is C19H23N3O2S. The van der Waals surface area contributed by atoms with Crippen LogP contribution < -0.4 is 10.1 Å². The number of hydrogen-bond donors (Lipinski definition) is 1. The summed E-state index contributed by atoms with van der Waals surface area (Å²) in [6.07, 6.45) is 8.47. The van der Waals surface area contributed by atoms with Crippen LogP contribution in [-0.4, -0.2) is 21.9 Å². The number of imidazole rings is 1. The van der Waals surface area contributed by atoms with Crippen LogP contribution in [-0.2, 0) is 0 Å². The van der Waals surface area contributed by atoms with E-state index in [1.165, 1.54) is 24.1 Å². The first-order valence-electron chi connectivity index (χ1n) is 8.65. The molecule has 2 heterocycles. The van der Waals surface area contributed by atoms with Gasteiger partial charge in [-0.25, -0.2) is 4.98 Å². The number of carbonyl (C=O) groups is 1. The van der Waals surface area contributed by atoms with Gasteiger partial charge in [0, 0.05) is 23.0 Å². The summed E-state index contributed by atoms with van der Waals surface area (Å²) in [5, 5.41) is 2.87. The molecule has 0 aliphatic heterocycles. The molecule has 3 aromatic rings. The summed E-state index contributed by atoms with van der Waals surface area (Å²) in [5.74, 6) is 0.620. The lowest BCUT2D eigenvalue weighted by Gasteiger charge is -2.07. The molecule has 0 radical (unpaired) electrons. The van der Waals surface area contributed by atoms with Crippen molar-refractivity contribution < 1.29 is 9.53 Å². The Kier molecular flexibility index (Phi) is 5.71. The standard InChI is InChI=1S/C19H23N3O2S/c1-3-4-5-6-11-24-16-9-7-15(8-10-16)20-18(23)17-13-22-12-14(2)25-19(22)21-17/h7-10,12-13H,3-6,11H2,1-2H3,(H,20,23). The average Bonchev–Trinajstić information content (AvgIpc) is 3.13. The maximum Gasteiger partial charge on any atom is 0.275 e. The number of thiazole rings is 1. The minimum Gasteiger partial charge on any atom is -0.494 e. The molecule has 1 N–H and O–H groups in total. The molecule has 6 heteroatoms. The van der Waals surface area contributed by atoms with E-state index in [2.05, 4.69) is 17.2 Å². The Morgan fingerprint density at radius 2 is 2.00 bits per heavy atom. The first-order valence-corrected chi connectivity index (χ1v) is 9.46. The topological polar surface area (TPSA) is 55.6 Å². The molecule has 0 unspecified atom stereocenters. The molecular weight excluding hydrogens is 334 g/mol. The van der Waals surface area contributed by atoms with Crippen LogP contribution in [0.15, 0.2) is 36.7 Å². The predicted molar refractivity (Wildman–Crippen MR) is 102 cm³/mol. The largest absolute Gasteiger partial charge is 0.494 e. The smallest absolute Gasteiger partial charge is 0.275 e. The minimum absolute atomic E-state index is 0.207. The fourth-order valence-corrected chi connectivity index (χ4v) is 3.38. The fourth-order valence-electron chi connectivity index (χ4n) is 2.57. The van der Waals surface area contributed by atoms with Crippen molar-refractivity contribution >= 4 is 27.9 Å². The van der Waals surface area contributed by atoms with Crippen LogP contribution in [0.4, 0.5) is 5.69 Å². The first kappa shape index (κ1) is 17.5. The molecule has 0 aliphatic carbocycles. The maximum absolute atomic E-state index is 12.3. The highest BCUT2D eigenvalue weighted by molar-refractivity contribution is 7.17. The van der Waals surface area contributed by atoms with Gasteiger partial charge in [0.2, 0.25) is 0 Å². The summed E-state index contributed by atoms with van der Waals surface area (Å²) in [7, 11) is 0. The van der Waals surface area contributed by atoms with E-state index in [1.807, 2.05) is 41.8 Å². The van der Waals surface area contributed by atoms with Crippen LogP contribution in [0.2, 0.25) is 0 Å². The second-order valence-corrected chi connectivity index (χ2v) is 7.26. The zero-order valence-electron chi connectivity index (χ0n) is 14.6. The third kappa shape index (κ3) is 4.60. The quantitative estimate of drug-likeness (QED) is 0.582. The molecule has 2 aromatic heterocycles. The van der Waals surface area contributed by atoms with E-state index < -0.39 is 0 Å². The highest BCUT2D eigenvalue weighted by Crippen LogP contribution is 2.19. The van der Waals surface area contributed by atoms with Gasteiger partial charge in [-0.15, -0.1) is 11.3 Å². The number of hydrogen-bond acceptors (Lipinski definition) is 4. The molecule has 0 aliphatic rings. The van der Waals surface area contributed by atoms with Gasteiger partial charge in [0.05, 0.1) is 6.61 Å². The molecule has 0 spiro atoms. The van der Waals surface area contributed by atoms with Crippen LogP contribution >= 0.6 is 11.3 Å². The zero-order valence-corrected chi connectivity index (χ0v) is 15.4. The number of nitrogens with one attached hydrogen (secondary N) is 1. The number of ether oxygens (including phenoxy) is 1.